The number of hydrogen-bond acceptors (Lipinski definition) is 1. The van der Waals surface area contributed by atoms with Crippen molar-refractivity contribution in [3.63, 3.8) is 0 Å². The molecular formula is C10H15N. The van der Waals surface area contributed by atoms with E-state index in [9.17, 15) is 0 Å². The molecular weight excluding hydrogens is 134 g/mol. The van der Waals surface area contributed by atoms with Gasteiger partial charge in [-0.1, -0.05) is 26.0 Å². The standard InChI is InChI=1S/C10H15N/c1-3-5-10-8-11-7-6-9(10)4-2/h4,8H,2-3,5-7H2,1H3. The molecule has 1 aliphatic rings. The molecule has 0 saturated heterocycles. The van der Waals surface area contributed by atoms with Crippen LogP contribution in [0.2, 0.25) is 0 Å². The van der Waals surface area contributed by atoms with Crippen LogP contribution in [0.1, 0.15) is 26.2 Å². The van der Waals surface area contributed by atoms with E-state index in [0.717, 1.165) is 19.4 Å². The quantitative estimate of drug-likeness (QED) is 0.585. The Morgan fingerprint density at radius 1 is 1.73 bits per heavy atom. The van der Waals surface area contributed by atoms with Crippen molar-refractivity contribution >= 4 is 6.21 Å². The van der Waals surface area contributed by atoms with Crippen LogP contribution >= 0.6 is 0 Å². The Morgan fingerprint density at radius 3 is 3.18 bits per heavy atom. The third-order valence-corrected chi connectivity index (χ3v) is 1.94. The van der Waals surface area contributed by atoms with Crippen LogP contribution in [0.3, 0.4) is 0 Å². The van der Waals surface area contributed by atoms with Gasteiger partial charge in [0.1, 0.15) is 0 Å². The number of hydrogen-bond donors (Lipinski definition) is 0. The van der Waals surface area contributed by atoms with Crippen molar-refractivity contribution in [2.24, 2.45) is 4.99 Å². The van der Waals surface area contributed by atoms with Crippen LogP contribution in [0.4, 0.5) is 0 Å². The SMILES string of the molecule is C=CC1=C(CCC)C=NCC1. The maximum atomic E-state index is 4.24. The fourth-order valence-corrected chi connectivity index (χ4v) is 1.33. The summed E-state index contributed by atoms with van der Waals surface area (Å²) in [6, 6.07) is 0. The van der Waals surface area contributed by atoms with E-state index in [4.69, 9.17) is 0 Å². The van der Waals surface area contributed by atoms with Crippen LogP contribution in [0.15, 0.2) is 28.8 Å². The summed E-state index contributed by atoms with van der Waals surface area (Å²) in [6.45, 7) is 6.93. The summed E-state index contributed by atoms with van der Waals surface area (Å²) < 4.78 is 0. The third kappa shape index (κ3) is 2.04. The van der Waals surface area contributed by atoms with E-state index >= 15 is 0 Å². The average Bonchev–Trinajstić information content (AvgIpc) is 2.06. The molecule has 11 heavy (non-hydrogen) atoms. The molecule has 0 aliphatic carbocycles. The van der Waals surface area contributed by atoms with E-state index in [-0.39, 0.29) is 0 Å². The van der Waals surface area contributed by atoms with E-state index in [2.05, 4.69) is 18.5 Å². The second kappa shape index (κ2) is 4.12. The summed E-state index contributed by atoms with van der Waals surface area (Å²) in [6.07, 6.45) is 7.39. The van der Waals surface area contributed by atoms with Crippen molar-refractivity contribution in [2.75, 3.05) is 6.54 Å². The normalized spacial score (nSPS) is 17.2. The highest BCUT2D eigenvalue weighted by molar-refractivity contribution is 5.81. The van der Waals surface area contributed by atoms with Crippen molar-refractivity contribution in [3.05, 3.63) is 23.8 Å². The molecule has 1 heteroatoms. The van der Waals surface area contributed by atoms with Gasteiger partial charge in [0.15, 0.2) is 0 Å². The summed E-state index contributed by atoms with van der Waals surface area (Å²) in [4.78, 5) is 4.24. The van der Waals surface area contributed by atoms with Crippen molar-refractivity contribution in [3.8, 4) is 0 Å². The van der Waals surface area contributed by atoms with Gasteiger partial charge in [0, 0.05) is 12.8 Å². The smallest absolute Gasteiger partial charge is 0.0429 e. The summed E-state index contributed by atoms with van der Waals surface area (Å²) in [5.41, 5.74) is 2.77. The van der Waals surface area contributed by atoms with E-state index in [1.165, 1.54) is 17.6 Å². The Labute approximate surface area is 68.5 Å². The predicted molar refractivity (Wildman–Crippen MR) is 50.1 cm³/mol. The number of allylic oxidation sites excluding steroid dienone is 2. The van der Waals surface area contributed by atoms with Gasteiger partial charge in [-0.3, -0.25) is 4.99 Å². The minimum atomic E-state index is 0.939. The predicted octanol–water partition coefficient (Wildman–Crippen LogP) is 2.74. The molecule has 0 bridgehead atoms. The molecule has 0 aromatic rings. The van der Waals surface area contributed by atoms with Gasteiger partial charge in [0.25, 0.3) is 0 Å². The first kappa shape index (κ1) is 8.25. The molecule has 0 fully saturated rings. The van der Waals surface area contributed by atoms with Crippen molar-refractivity contribution in [1.29, 1.82) is 0 Å². The molecule has 0 saturated carbocycles. The Bertz CT molecular complexity index is 199. The first-order chi connectivity index (χ1) is 5.38. The second-order valence-electron chi connectivity index (χ2n) is 2.79. The lowest BCUT2D eigenvalue weighted by Crippen LogP contribution is -2.00. The first-order valence-corrected chi connectivity index (χ1v) is 4.22. The lowest BCUT2D eigenvalue weighted by atomic mass is 10.00. The highest BCUT2D eigenvalue weighted by atomic mass is 14.7. The van der Waals surface area contributed by atoms with Crippen LogP contribution in [0.5, 0.6) is 0 Å². The summed E-state index contributed by atoms with van der Waals surface area (Å²) in [7, 11) is 0. The minimum absolute atomic E-state index is 0.939. The topological polar surface area (TPSA) is 12.4 Å². The fourth-order valence-electron chi connectivity index (χ4n) is 1.33. The minimum Gasteiger partial charge on any atom is -0.293 e. The molecule has 1 nitrogen and oxygen atoms in total. The van der Waals surface area contributed by atoms with Crippen LogP contribution in [0.25, 0.3) is 0 Å². The number of aliphatic imine (C=N–C) groups is 1. The zero-order chi connectivity index (χ0) is 8.10. The lowest BCUT2D eigenvalue weighted by Gasteiger charge is -2.10. The van der Waals surface area contributed by atoms with Crippen LogP contribution < -0.4 is 0 Å². The monoisotopic (exact) mass is 149 g/mol. The Balaban J connectivity index is 2.73. The molecule has 0 unspecified atom stereocenters. The molecule has 60 valence electrons. The zero-order valence-corrected chi connectivity index (χ0v) is 7.14. The van der Waals surface area contributed by atoms with Crippen LogP contribution in [0, 0.1) is 0 Å². The molecule has 0 N–H and O–H groups in total. The molecule has 0 radical (unpaired) electrons. The van der Waals surface area contributed by atoms with E-state index in [1.54, 1.807) is 0 Å². The maximum absolute atomic E-state index is 4.24. The molecule has 0 spiro atoms. The second-order valence-corrected chi connectivity index (χ2v) is 2.79. The van der Waals surface area contributed by atoms with Gasteiger partial charge in [-0.15, -0.1) is 0 Å². The van der Waals surface area contributed by atoms with Crippen molar-refractivity contribution in [2.45, 2.75) is 26.2 Å². The molecule has 1 heterocycles. The van der Waals surface area contributed by atoms with Crippen LogP contribution in [-0.2, 0) is 0 Å². The highest BCUT2D eigenvalue weighted by Crippen LogP contribution is 2.17. The number of dihydropyridines is 1. The van der Waals surface area contributed by atoms with E-state index in [0.29, 0.717) is 0 Å². The van der Waals surface area contributed by atoms with Gasteiger partial charge in [0.05, 0.1) is 0 Å². The van der Waals surface area contributed by atoms with Gasteiger partial charge < -0.3 is 0 Å². The lowest BCUT2D eigenvalue weighted by molar-refractivity contribution is 0.880. The molecule has 1 rings (SSSR count). The van der Waals surface area contributed by atoms with Gasteiger partial charge in [-0.2, -0.15) is 0 Å². The molecule has 0 aromatic carbocycles. The summed E-state index contributed by atoms with van der Waals surface area (Å²) in [5.74, 6) is 0. The Kier molecular flexibility index (Phi) is 3.09. The zero-order valence-electron chi connectivity index (χ0n) is 7.14. The summed E-state index contributed by atoms with van der Waals surface area (Å²) >= 11 is 0. The van der Waals surface area contributed by atoms with Gasteiger partial charge in [0.2, 0.25) is 0 Å². The molecule has 1 aliphatic heterocycles. The van der Waals surface area contributed by atoms with Crippen molar-refractivity contribution < 1.29 is 0 Å². The van der Waals surface area contributed by atoms with E-state index < -0.39 is 0 Å². The molecule has 0 amide bonds. The average molecular weight is 149 g/mol. The maximum Gasteiger partial charge on any atom is 0.0429 e. The Hall–Kier alpha value is -0.850. The van der Waals surface area contributed by atoms with E-state index in [1.807, 2.05) is 12.3 Å². The molecule has 0 atom stereocenters. The molecule has 0 aromatic heterocycles. The highest BCUT2D eigenvalue weighted by Gasteiger charge is 2.04. The number of nitrogens with zero attached hydrogens (tertiary/aromatic N) is 1. The van der Waals surface area contributed by atoms with Crippen molar-refractivity contribution in [1.82, 2.24) is 0 Å². The fraction of sp³-hybridized carbons (Fsp3) is 0.500. The van der Waals surface area contributed by atoms with Gasteiger partial charge >= 0.3 is 0 Å². The first-order valence-electron chi connectivity index (χ1n) is 4.22. The Morgan fingerprint density at radius 2 is 2.55 bits per heavy atom. The van der Waals surface area contributed by atoms with Gasteiger partial charge in [-0.05, 0) is 24.0 Å². The van der Waals surface area contributed by atoms with Crippen LogP contribution in [-0.4, -0.2) is 12.8 Å². The third-order valence-electron chi connectivity index (χ3n) is 1.94. The largest absolute Gasteiger partial charge is 0.293 e. The van der Waals surface area contributed by atoms with Gasteiger partial charge in [-0.25, -0.2) is 0 Å². The summed E-state index contributed by atoms with van der Waals surface area (Å²) in [5, 5.41) is 0. The number of rotatable bonds is 3.